The van der Waals surface area contributed by atoms with Crippen LogP contribution < -0.4 is 21.4 Å². The number of fused-ring (bicyclic) bond motifs is 1. The Bertz CT molecular complexity index is 1260. The quantitative estimate of drug-likeness (QED) is 0.426. The molecule has 0 fully saturated rings. The van der Waals surface area contributed by atoms with E-state index in [-0.39, 0.29) is 29.8 Å². The number of aryl methyl sites for hydroxylation is 1. The van der Waals surface area contributed by atoms with E-state index in [1.165, 1.54) is 6.07 Å². The smallest absolute Gasteiger partial charge is 0.340 e. The zero-order valence-corrected chi connectivity index (χ0v) is 17.8. The van der Waals surface area contributed by atoms with Gasteiger partial charge in [-0.15, -0.1) is 0 Å². The number of carbonyl (C=O) groups is 2. The van der Waals surface area contributed by atoms with Crippen LogP contribution >= 0.6 is 11.6 Å². The van der Waals surface area contributed by atoms with Gasteiger partial charge in [-0.05, 0) is 43.2 Å². The van der Waals surface area contributed by atoms with Gasteiger partial charge in [-0.1, -0.05) is 30.3 Å². The minimum atomic E-state index is -0.670. The number of halogens is 1. The first-order valence-electron chi connectivity index (χ1n) is 9.39. The molecular formula is C23H21ClN2O5. The number of hydrogen-bond donors (Lipinski definition) is 2. The largest absolute Gasteiger partial charge is 0.488 e. The van der Waals surface area contributed by atoms with Gasteiger partial charge < -0.3 is 20.2 Å². The first-order valence-corrected chi connectivity index (χ1v) is 9.77. The van der Waals surface area contributed by atoms with Gasteiger partial charge in [0.15, 0.2) is 0 Å². The second-order valence-electron chi connectivity index (χ2n) is 7.15. The van der Waals surface area contributed by atoms with Crippen molar-refractivity contribution in [2.75, 3.05) is 11.9 Å². The molecule has 2 aromatic carbocycles. The third-order valence-corrected chi connectivity index (χ3v) is 4.91. The molecule has 31 heavy (non-hydrogen) atoms. The summed E-state index contributed by atoms with van der Waals surface area (Å²) in [6.45, 7) is 7.58. The molecule has 0 bridgehead atoms. The fraction of sp³-hybridized carbons (Fsp3) is 0.174. The van der Waals surface area contributed by atoms with Gasteiger partial charge in [-0.25, -0.2) is 4.79 Å². The Morgan fingerprint density at radius 2 is 1.97 bits per heavy atom. The average molecular weight is 441 g/mol. The van der Waals surface area contributed by atoms with Gasteiger partial charge in [-0.3, -0.25) is 9.59 Å². The molecule has 0 atom stereocenters. The van der Waals surface area contributed by atoms with Crippen molar-refractivity contribution >= 4 is 40.1 Å². The summed E-state index contributed by atoms with van der Waals surface area (Å²) < 4.78 is 11.0. The van der Waals surface area contributed by atoms with E-state index in [9.17, 15) is 14.4 Å². The summed E-state index contributed by atoms with van der Waals surface area (Å²) in [5.41, 5.74) is 7.00. The Kier molecular flexibility index (Phi) is 6.46. The van der Waals surface area contributed by atoms with Gasteiger partial charge >= 0.3 is 5.63 Å². The zero-order chi connectivity index (χ0) is 22.7. The number of benzene rings is 2. The predicted molar refractivity (Wildman–Crippen MR) is 120 cm³/mol. The Balaban J connectivity index is 1.91. The summed E-state index contributed by atoms with van der Waals surface area (Å²) in [4.78, 5) is 36.7. The summed E-state index contributed by atoms with van der Waals surface area (Å²) in [7, 11) is 0. The van der Waals surface area contributed by atoms with Crippen LogP contribution in [0.15, 0.2) is 57.8 Å². The molecular weight excluding hydrogens is 420 g/mol. The molecule has 3 rings (SSSR count). The molecule has 0 saturated carbocycles. The highest BCUT2D eigenvalue weighted by Crippen LogP contribution is 2.32. The van der Waals surface area contributed by atoms with Crippen LogP contribution in [-0.4, -0.2) is 18.4 Å². The van der Waals surface area contributed by atoms with Crippen LogP contribution in [0.3, 0.4) is 0 Å². The predicted octanol–water partition coefficient (Wildman–Crippen LogP) is 3.99. The van der Waals surface area contributed by atoms with Gasteiger partial charge in [0.25, 0.3) is 5.91 Å². The topological polar surface area (TPSA) is 112 Å². The number of anilines is 1. The minimum absolute atomic E-state index is 0.173. The Labute approximate surface area is 183 Å². The fourth-order valence-electron chi connectivity index (χ4n) is 3.07. The summed E-state index contributed by atoms with van der Waals surface area (Å²) >= 11 is 6.31. The molecule has 8 heteroatoms. The second-order valence-corrected chi connectivity index (χ2v) is 7.56. The summed E-state index contributed by atoms with van der Waals surface area (Å²) in [6.07, 6.45) is -0.247. The molecule has 0 unspecified atom stereocenters. The maximum Gasteiger partial charge on any atom is 0.340 e. The van der Waals surface area contributed by atoms with Crippen molar-refractivity contribution in [3.63, 3.8) is 0 Å². The number of primary amides is 1. The maximum absolute atomic E-state index is 12.6. The highest BCUT2D eigenvalue weighted by molar-refractivity contribution is 6.32. The van der Waals surface area contributed by atoms with Crippen LogP contribution in [0.5, 0.6) is 5.75 Å². The van der Waals surface area contributed by atoms with Gasteiger partial charge in [0, 0.05) is 11.5 Å². The lowest BCUT2D eigenvalue weighted by Crippen LogP contribution is -2.22. The number of para-hydroxylation sites is 1. The third kappa shape index (κ3) is 4.95. The Morgan fingerprint density at radius 3 is 2.65 bits per heavy atom. The van der Waals surface area contributed by atoms with Gasteiger partial charge in [0.05, 0.1) is 28.3 Å². The number of amides is 2. The summed E-state index contributed by atoms with van der Waals surface area (Å²) in [5.74, 6) is -0.791. The van der Waals surface area contributed by atoms with E-state index < -0.39 is 17.4 Å². The first-order chi connectivity index (χ1) is 14.7. The van der Waals surface area contributed by atoms with Crippen LogP contribution in [0.2, 0.25) is 5.02 Å². The molecule has 0 aliphatic rings. The number of ether oxygens (including phenoxy) is 1. The van der Waals surface area contributed by atoms with E-state index in [0.717, 1.165) is 5.57 Å². The molecule has 2 amide bonds. The van der Waals surface area contributed by atoms with Crippen molar-refractivity contribution in [2.24, 2.45) is 5.73 Å². The van der Waals surface area contributed by atoms with E-state index in [2.05, 4.69) is 11.9 Å². The highest BCUT2D eigenvalue weighted by atomic mass is 35.5. The Hall–Kier alpha value is -3.58. The van der Waals surface area contributed by atoms with Crippen LogP contribution in [0, 0.1) is 6.92 Å². The number of nitrogens with one attached hydrogen (secondary N) is 1. The molecule has 0 spiro atoms. The monoisotopic (exact) mass is 440 g/mol. The molecule has 0 radical (unpaired) electrons. The van der Waals surface area contributed by atoms with Crippen molar-refractivity contribution in [1.29, 1.82) is 0 Å². The van der Waals surface area contributed by atoms with Crippen LogP contribution in [0.4, 0.5) is 5.69 Å². The molecule has 1 heterocycles. The molecule has 3 N–H and O–H groups in total. The molecule has 1 aromatic heterocycles. The van der Waals surface area contributed by atoms with Gasteiger partial charge in [0.1, 0.15) is 17.9 Å². The van der Waals surface area contributed by atoms with Crippen molar-refractivity contribution < 1.29 is 18.7 Å². The van der Waals surface area contributed by atoms with Gasteiger partial charge in [-0.2, -0.15) is 0 Å². The molecule has 0 saturated heterocycles. The zero-order valence-electron chi connectivity index (χ0n) is 17.1. The lowest BCUT2D eigenvalue weighted by molar-refractivity contribution is -0.115. The van der Waals surface area contributed by atoms with Crippen molar-refractivity contribution in [3.8, 4) is 5.75 Å². The maximum atomic E-state index is 12.6. The van der Waals surface area contributed by atoms with Crippen LogP contribution in [-0.2, 0) is 11.2 Å². The van der Waals surface area contributed by atoms with E-state index in [4.69, 9.17) is 26.5 Å². The molecule has 160 valence electrons. The summed E-state index contributed by atoms with van der Waals surface area (Å²) in [6, 6.07) is 9.53. The molecule has 0 aliphatic carbocycles. The highest BCUT2D eigenvalue weighted by Gasteiger charge is 2.18. The average Bonchev–Trinajstić information content (AvgIpc) is 2.70. The standard InChI is InChI=1S/C23H21ClN2O5/c1-12(2)11-30-20-10-19-15(8-17(20)24)13(3)16(23(29)31-19)9-21(27)26-18-7-5-4-6-14(18)22(25)28/h4-8,10H,1,9,11H2,2-3H3,(H2,25,28)(H,26,27). The minimum Gasteiger partial charge on any atom is -0.488 e. The normalized spacial score (nSPS) is 10.7. The van der Waals surface area contributed by atoms with Crippen LogP contribution in [0.25, 0.3) is 11.0 Å². The summed E-state index contributed by atoms with van der Waals surface area (Å²) in [5, 5.41) is 3.55. The van der Waals surface area contributed by atoms with Crippen molar-refractivity contribution in [3.05, 3.63) is 80.7 Å². The third-order valence-electron chi connectivity index (χ3n) is 4.62. The van der Waals surface area contributed by atoms with Gasteiger partial charge in [0.2, 0.25) is 5.91 Å². The van der Waals surface area contributed by atoms with Crippen molar-refractivity contribution in [2.45, 2.75) is 20.3 Å². The lowest BCUT2D eigenvalue weighted by Gasteiger charge is -2.12. The molecule has 0 aliphatic heterocycles. The Morgan fingerprint density at radius 1 is 1.26 bits per heavy atom. The van der Waals surface area contributed by atoms with E-state index in [1.54, 1.807) is 37.3 Å². The fourth-order valence-corrected chi connectivity index (χ4v) is 3.29. The second kappa shape index (κ2) is 9.06. The van der Waals surface area contributed by atoms with E-state index >= 15 is 0 Å². The number of rotatable bonds is 7. The number of carbonyl (C=O) groups excluding carboxylic acids is 2. The van der Waals surface area contributed by atoms with E-state index in [0.29, 0.717) is 27.3 Å². The van der Waals surface area contributed by atoms with Crippen molar-refractivity contribution in [1.82, 2.24) is 0 Å². The number of nitrogens with two attached hydrogens (primary N) is 1. The first kappa shape index (κ1) is 22.1. The molecule has 3 aromatic rings. The lowest BCUT2D eigenvalue weighted by atomic mass is 10.0. The number of hydrogen-bond acceptors (Lipinski definition) is 5. The molecule has 7 nitrogen and oxygen atoms in total. The SMILES string of the molecule is C=C(C)COc1cc2oc(=O)c(CC(=O)Nc3ccccc3C(N)=O)c(C)c2cc1Cl. The van der Waals surface area contributed by atoms with Crippen LogP contribution in [0.1, 0.15) is 28.4 Å². The van der Waals surface area contributed by atoms with E-state index in [1.807, 2.05) is 6.92 Å².